The third-order valence-electron chi connectivity index (χ3n) is 3.68. The van der Waals surface area contributed by atoms with Crippen LogP contribution in [0.15, 0.2) is 42.5 Å². The Hall–Kier alpha value is -3.40. The number of nitro groups is 1. The summed E-state index contributed by atoms with van der Waals surface area (Å²) in [6.45, 7) is 3.92. The highest BCUT2D eigenvalue weighted by molar-refractivity contribution is 5.94. The summed E-state index contributed by atoms with van der Waals surface area (Å²) >= 11 is 0. The van der Waals surface area contributed by atoms with Crippen molar-refractivity contribution in [3.8, 4) is 11.8 Å². The normalized spacial score (nSPS) is 10.0. The van der Waals surface area contributed by atoms with Crippen LogP contribution in [0.3, 0.4) is 0 Å². The van der Waals surface area contributed by atoms with Gasteiger partial charge in [-0.15, -0.1) is 0 Å². The molecule has 7 heteroatoms. The highest BCUT2D eigenvalue weighted by Crippen LogP contribution is 2.21. The van der Waals surface area contributed by atoms with Gasteiger partial charge in [0.1, 0.15) is 5.75 Å². The molecule has 0 aliphatic rings. The number of nitro benzene ring substituents is 1. The number of carbonyl (C=O) groups is 1. The Bertz CT molecular complexity index is 821. The van der Waals surface area contributed by atoms with Crippen LogP contribution in [0.2, 0.25) is 0 Å². The molecule has 26 heavy (non-hydrogen) atoms. The SMILES string of the molecule is Cc1cc(C)cc(N(CCC#N)C(=O)COc2ccc([N+](=O)[O-])cc2)c1. The zero-order valence-electron chi connectivity index (χ0n) is 14.6. The second kappa shape index (κ2) is 8.62. The molecule has 0 atom stereocenters. The van der Waals surface area contributed by atoms with Crippen LogP contribution in [0.25, 0.3) is 0 Å². The summed E-state index contributed by atoms with van der Waals surface area (Å²) in [5.74, 6) is 0.0770. The first-order valence-corrected chi connectivity index (χ1v) is 8.03. The number of nitrogens with zero attached hydrogens (tertiary/aromatic N) is 3. The Morgan fingerprint density at radius 3 is 2.35 bits per heavy atom. The molecule has 2 aromatic carbocycles. The summed E-state index contributed by atoms with van der Waals surface area (Å²) in [7, 11) is 0. The minimum Gasteiger partial charge on any atom is -0.484 e. The topological polar surface area (TPSA) is 96.5 Å². The van der Waals surface area contributed by atoms with Crippen LogP contribution in [0.1, 0.15) is 17.5 Å². The monoisotopic (exact) mass is 353 g/mol. The molecular weight excluding hydrogens is 334 g/mol. The predicted molar refractivity (Wildman–Crippen MR) is 97.1 cm³/mol. The highest BCUT2D eigenvalue weighted by Gasteiger charge is 2.17. The van der Waals surface area contributed by atoms with Crippen molar-refractivity contribution in [3.05, 3.63) is 63.7 Å². The van der Waals surface area contributed by atoms with E-state index in [0.717, 1.165) is 16.8 Å². The van der Waals surface area contributed by atoms with E-state index in [1.54, 1.807) is 0 Å². The summed E-state index contributed by atoms with van der Waals surface area (Å²) in [4.78, 5) is 24.3. The van der Waals surface area contributed by atoms with Gasteiger partial charge >= 0.3 is 0 Å². The zero-order valence-corrected chi connectivity index (χ0v) is 14.6. The standard InChI is InChI=1S/C19H19N3O4/c1-14-10-15(2)12-17(11-14)21(9-3-8-20)19(23)13-26-18-6-4-16(5-7-18)22(24)25/h4-7,10-12H,3,9,13H2,1-2H3. The molecular formula is C19H19N3O4. The molecule has 134 valence electrons. The summed E-state index contributed by atoms with van der Waals surface area (Å²) in [6, 6.07) is 13.3. The van der Waals surface area contributed by atoms with Crippen LogP contribution in [-0.2, 0) is 4.79 Å². The number of ether oxygens (including phenoxy) is 1. The first kappa shape index (κ1) is 18.9. The Morgan fingerprint density at radius 1 is 1.19 bits per heavy atom. The van der Waals surface area contributed by atoms with Gasteiger partial charge < -0.3 is 9.64 Å². The van der Waals surface area contributed by atoms with Crippen molar-refractivity contribution in [1.82, 2.24) is 0 Å². The minimum absolute atomic E-state index is 0.0467. The second-order valence-corrected chi connectivity index (χ2v) is 5.84. The van der Waals surface area contributed by atoms with Crippen LogP contribution < -0.4 is 9.64 Å². The summed E-state index contributed by atoms with van der Waals surface area (Å²) < 4.78 is 5.45. The number of hydrogen-bond donors (Lipinski definition) is 0. The van der Waals surface area contributed by atoms with Crippen molar-refractivity contribution < 1.29 is 14.5 Å². The number of hydrogen-bond acceptors (Lipinski definition) is 5. The number of nitriles is 1. The summed E-state index contributed by atoms with van der Waals surface area (Å²) in [5, 5.41) is 19.5. The largest absolute Gasteiger partial charge is 0.484 e. The second-order valence-electron chi connectivity index (χ2n) is 5.84. The van der Waals surface area contributed by atoms with E-state index in [2.05, 4.69) is 0 Å². The van der Waals surface area contributed by atoms with Gasteiger partial charge in [0.2, 0.25) is 0 Å². The Morgan fingerprint density at radius 2 is 1.81 bits per heavy atom. The fourth-order valence-corrected chi connectivity index (χ4v) is 2.55. The lowest BCUT2D eigenvalue weighted by Gasteiger charge is -2.23. The molecule has 0 aromatic heterocycles. The van der Waals surface area contributed by atoms with E-state index in [-0.39, 0.29) is 31.2 Å². The highest BCUT2D eigenvalue weighted by atomic mass is 16.6. The van der Waals surface area contributed by atoms with Gasteiger partial charge in [-0.25, -0.2) is 0 Å². The Kier molecular flexibility index (Phi) is 6.28. The number of amides is 1. The first-order valence-electron chi connectivity index (χ1n) is 8.03. The molecule has 0 saturated heterocycles. The van der Waals surface area contributed by atoms with Crippen molar-refractivity contribution in [2.45, 2.75) is 20.3 Å². The van der Waals surface area contributed by atoms with Crippen molar-refractivity contribution >= 4 is 17.3 Å². The number of non-ortho nitro benzene ring substituents is 1. The number of aryl methyl sites for hydroxylation is 2. The van der Waals surface area contributed by atoms with Gasteiger partial charge in [-0.3, -0.25) is 14.9 Å². The smallest absolute Gasteiger partial charge is 0.269 e. The maximum absolute atomic E-state index is 12.6. The van der Waals surface area contributed by atoms with E-state index in [0.29, 0.717) is 5.75 Å². The van der Waals surface area contributed by atoms with Crippen molar-refractivity contribution in [1.29, 1.82) is 5.26 Å². The third kappa shape index (κ3) is 5.05. The molecule has 0 unspecified atom stereocenters. The van der Waals surface area contributed by atoms with E-state index in [1.165, 1.54) is 29.2 Å². The van der Waals surface area contributed by atoms with Gasteiger partial charge in [0.15, 0.2) is 6.61 Å². The molecule has 0 saturated carbocycles. The first-order chi connectivity index (χ1) is 12.4. The summed E-state index contributed by atoms with van der Waals surface area (Å²) in [5.41, 5.74) is 2.71. The minimum atomic E-state index is -0.501. The zero-order chi connectivity index (χ0) is 19.1. The van der Waals surface area contributed by atoms with E-state index < -0.39 is 4.92 Å². The molecule has 0 fully saturated rings. The summed E-state index contributed by atoms with van der Waals surface area (Å²) in [6.07, 6.45) is 0.205. The van der Waals surface area contributed by atoms with Gasteiger partial charge in [0.25, 0.3) is 11.6 Å². The van der Waals surface area contributed by atoms with Gasteiger partial charge in [-0.2, -0.15) is 5.26 Å². The quantitative estimate of drug-likeness (QED) is 0.560. The lowest BCUT2D eigenvalue weighted by molar-refractivity contribution is -0.384. The van der Waals surface area contributed by atoms with Crippen LogP contribution in [0.5, 0.6) is 5.75 Å². The van der Waals surface area contributed by atoms with Crippen LogP contribution in [0.4, 0.5) is 11.4 Å². The molecule has 2 rings (SSSR count). The molecule has 0 aliphatic heterocycles. The molecule has 7 nitrogen and oxygen atoms in total. The molecule has 0 heterocycles. The fourth-order valence-electron chi connectivity index (χ4n) is 2.55. The molecule has 2 aromatic rings. The lowest BCUT2D eigenvalue weighted by Crippen LogP contribution is -2.35. The maximum Gasteiger partial charge on any atom is 0.269 e. The molecule has 1 amide bonds. The van der Waals surface area contributed by atoms with E-state index in [4.69, 9.17) is 10.00 Å². The molecule has 0 N–H and O–H groups in total. The number of benzene rings is 2. The molecule has 0 radical (unpaired) electrons. The predicted octanol–water partition coefficient (Wildman–Crippen LogP) is 3.54. The van der Waals surface area contributed by atoms with E-state index in [1.807, 2.05) is 38.1 Å². The maximum atomic E-state index is 12.6. The van der Waals surface area contributed by atoms with E-state index >= 15 is 0 Å². The Balaban J connectivity index is 2.11. The van der Waals surface area contributed by atoms with Crippen LogP contribution >= 0.6 is 0 Å². The number of rotatable bonds is 7. The lowest BCUT2D eigenvalue weighted by atomic mass is 10.1. The van der Waals surface area contributed by atoms with Gasteiger partial charge in [0, 0.05) is 24.4 Å². The van der Waals surface area contributed by atoms with Crippen molar-refractivity contribution in [3.63, 3.8) is 0 Å². The van der Waals surface area contributed by atoms with Crippen molar-refractivity contribution in [2.24, 2.45) is 0 Å². The third-order valence-corrected chi connectivity index (χ3v) is 3.68. The van der Waals surface area contributed by atoms with Crippen LogP contribution in [0, 0.1) is 35.3 Å². The van der Waals surface area contributed by atoms with E-state index in [9.17, 15) is 14.9 Å². The average Bonchev–Trinajstić information content (AvgIpc) is 2.59. The van der Waals surface area contributed by atoms with Gasteiger partial charge in [0.05, 0.1) is 17.4 Å². The Labute approximate surface area is 151 Å². The average molecular weight is 353 g/mol. The van der Waals surface area contributed by atoms with Gasteiger partial charge in [-0.1, -0.05) is 6.07 Å². The van der Waals surface area contributed by atoms with Crippen LogP contribution in [-0.4, -0.2) is 24.0 Å². The molecule has 0 spiro atoms. The number of carbonyl (C=O) groups excluding carboxylic acids is 1. The van der Waals surface area contributed by atoms with Crippen molar-refractivity contribution in [2.75, 3.05) is 18.1 Å². The fraction of sp³-hybridized carbons (Fsp3) is 0.263. The molecule has 0 bridgehead atoms. The van der Waals surface area contributed by atoms with Gasteiger partial charge in [-0.05, 0) is 49.2 Å². The number of anilines is 1. The molecule has 0 aliphatic carbocycles.